The zero-order valence-electron chi connectivity index (χ0n) is 11.8. The van der Waals surface area contributed by atoms with Gasteiger partial charge in [0.2, 0.25) is 0 Å². The largest absolute Gasteiger partial charge is 0.256 e. The van der Waals surface area contributed by atoms with Crippen molar-refractivity contribution in [2.45, 2.75) is 12.8 Å². The van der Waals surface area contributed by atoms with Gasteiger partial charge in [-0.2, -0.15) is 9.61 Å². The summed E-state index contributed by atoms with van der Waals surface area (Å²) in [6, 6.07) is 13.7. The van der Waals surface area contributed by atoms with Gasteiger partial charge in [-0.3, -0.25) is 4.98 Å². The molecule has 3 heterocycles. The lowest BCUT2D eigenvalue weighted by Crippen LogP contribution is -2.05. The third kappa shape index (κ3) is 2.10. The van der Waals surface area contributed by atoms with Gasteiger partial charge in [-0.1, -0.05) is 30.7 Å². The third-order valence-electron chi connectivity index (χ3n) is 3.77. The summed E-state index contributed by atoms with van der Waals surface area (Å²) >= 11 is 5.98. The van der Waals surface area contributed by atoms with Gasteiger partial charge >= 0.3 is 0 Å². The molecule has 0 bridgehead atoms. The number of fused-ring (bicyclic) bond motifs is 2. The molecular weight excluding hydrogens is 298 g/mol. The molecule has 1 aromatic carbocycles. The van der Waals surface area contributed by atoms with Crippen molar-refractivity contribution in [1.29, 1.82) is 0 Å². The number of halogens is 1. The number of hydrogen-bond acceptors (Lipinski definition) is 4. The Balaban J connectivity index is 1.84. The van der Waals surface area contributed by atoms with Gasteiger partial charge in [0.25, 0.3) is 0 Å². The average molecular weight is 310 g/mol. The Hall–Kier alpha value is -2.53. The van der Waals surface area contributed by atoms with Crippen LogP contribution in [0.3, 0.4) is 0 Å². The highest BCUT2D eigenvalue weighted by Crippen LogP contribution is 2.25. The first-order chi connectivity index (χ1) is 10.7. The van der Waals surface area contributed by atoms with E-state index in [9.17, 15) is 0 Å². The van der Waals surface area contributed by atoms with E-state index in [1.54, 1.807) is 16.8 Å². The molecular formula is C16H12ClN5. The van der Waals surface area contributed by atoms with E-state index in [1.165, 1.54) is 0 Å². The molecule has 0 aliphatic heterocycles. The molecule has 0 amide bonds. The molecule has 22 heavy (non-hydrogen) atoms. The minimum Gasteiger partial charge on any atom is -0.256 e. The molecule has 3 aromatic heterocycles. The summed E-state index contributed by atoms with van der Waals surface area (Å²) < 4.78 is 1.69. The second kappa shape index (κ2) is 5.03. The first-order valence-corrected chi connectivity index (χ1v) is 7.33. The molecule has 0 N–H and O–H groups in total. The Labute approximate surface area is 131 Å². The fraction of sp³-hybridized carbons (Fsp3) is 0.125. The SMILES string of the molecule is C[C@@H](c1ccc2ncccc2c1)c1nnc2ccc(Cl)nn12. The summed E-state index contributed by atoms with van der Waals surface area (Å²) in [5.74, 6) is 0.811. The van der Waals surface area contributed by atoms with E-state index in [0.717, 1.165) is 22.3 Å². The highest BCUT2D eigenvalue weighted by molar-refractivity contribution is 6.29. The lowest BCUT2D eigenvalue weighted by atomic mass is 9.98. The van der Waals surface area contributed by atoms with Crippen LogP contribution in [0, 0.1) is 0 Å². The van der Waals surface area contributed by atoms with Crippen LogP contribution in [0.15, 0.2) is 48.7 Å². The van der Waals surface area contributed by atoms with Crippen molar-refractivity contribution in [2.75, 3.05) is 0 Å². The van der Waals surface area contributed by atoms with Crippen molar-refractivity contribution in [2.24, 2.45) is 0 Å². The Morgan fingerprint density at radius 2 is 2.00 bits per heavy atom. The van der Waals surface area contributed by atoms with E-state index in [1.807, 2.05) is 18.2 Å². The van der Waals surface area contributed by atoms with Gasteiger partial charge in [-0.25, -0.2) is 0 Å². The molecule has 6 heteroatoms. The van der Waals surface area contributed by atoms with Gasteiger partial charge in [-0.05, 0) is 35.9 Å². The first-order valence-electron chi connectivity index (χ1n) is 6.95. The molecule has 0 saturated heterocycles. The minimum atomic E-state index is 0.0468. The fourth-order valence-electron chi connectivity index (χ4n) is 2.57. The first kappa shape index (κ1) is 13.2. The van der Waals surface area contributed by atoms with E-state index in [-0.39, 0.29) is 5.92 Å². The van der Waals surface area contributed by atoms with Crippen LogP contribution in [0.4, 0.5) is 0 Å². The van der Waals surface area contributed by atoms with Gasteiger partial charge in [0.15, 0.2) is 11.5 Å². The molecule has 1 atom stereocenters. The van der Waals surface area contributed by atoms with Crippen molar-refractivity contribution in [3.8, 4) is 0 Å². The lowest BCUT2D eigenvalue weighted by molar-refractivity contribution is 0.751. The number of nitrogens with zero attached hydrogens (tertiary/aromatic N) is 5. The average Bonchev–Trinajstić information content (AvgIpc) is 2.96. The quantitative estimate of drug-likeness (QED) is 0.569. The molecule has 0 aliphatic carbocycles. The smallest absolute Gasteiger partial charge is 0.178 e. The summed E-state index contributed by atoms with van der Waals surface area (Å²) in [7, 11) is 0. The van der Waals surface area contributed by atoms with Crippen LogP contribution in [-0.4, -0.2) is 24.8 Å². The Bertz CT molecular complexity index is 979. The van der Waals surface area contributed by atoms with Gasteiger partial charge < -0.3 is 0 Å². The van der Waals surface area contributed by atoms with Gasteiger partial charge in [0, 0.05) is 17.5 Å². The highest BCUT2D eigenvalue weighted by atomic mass is 35.5. The Morgan fingerprint density at radius 1 is 1.09 bits per heavy atom. The van der Waals surface area contributed by atoms with E-state index in [4.69, 9.17) is 11.6 Å². The predicted octanol–water partition coefficient (Wildman–Crippen LogP) is 3.48. The van der Waals surface area contributed by atoms with E-state index in [0.29, 0.717) is 10.8 Å². The maximum absolute atomic E-state index is 5.98. The van der Waals surface area contributed by atoms with Crippen molar-refractivity contribution < 1.29 is 0 Å². The Morgan fingerprint density at radius 3 is 2.91 bits per heavy atom. The summed E-state index contributed by atoms with van der Waals surface area (Å²) in [4.78, 5) is 4.34. The van der Waals surface area contributed by atoms with Crippen molar-refractivity contribution in [3.63, 3.8) is 0 Å². The van der Waals surface area contributed by atoms with Gasteiger partial charge in [-0.15, -0.1) is 10.2 Å². The van der Waals surface area contributed by atoms with E-state index >= 15 is 0 Å². The topological polar surface area (TPSA) is 56.0 Å². The number of benzene rings is 1. The molecule has 0 unspecified atom stereocenters. The van der Waals surface area contributed by atoms with Gasteiger partial charge in [0.1, 0.15) is 5.15 Å². The Kier molecular flexibility index (Phi) is 3.01. The minimum absolute atomic E-state index is 0.0468. The third-order valence-corrected chi connectivity index (χ3v) is 3.97. The number of hydrogen-bond donors (Lipinski definition) is 0. The molecule has 0 aliphatic rings. The zero-order chi connectivity index (χ0) is 15.1. The maximum Gasteiger partial charge on any atom is 0.178 e. The number of aromatic nitrogens is 5. The van der Waals surface area contributed by atoms with Crippen molar-refractivity contribution >= 4 is 28.2 Å². The fourth-order valence-corrected chi connectivity index (χ4v) is 2.70. The standard InChI is InChI=1S/C16H12ClN5/c1-10(11-4-5-13-12(9-11)3-2-8-18-13)16-20-19-15-7-6-14(17)21-22(15)16/h2-10H,1H3/t10-/m0/s1. The van der Waals surface area contributed by atoms with Crippen LogP contribution in [0.1, 0.15) is 24.2 Å². The lowest BCUT2D eigenvalue weighted by Gasteiger charge is -2.10. The molecule has 5 nitrogen and oxygen atoms in total. The molecule has 0 fully saturated rings. The van der Waals surface area contributed by atoms with Crippen LogP contribution < -0.4 is 0 Å². The normalized spacial score (nSPS) is 12.8. The predicted molar refractivity (Wildman–Crippen MR) is 85.1 cm³/mol. The molecule has 108 valence electrons. The highest BCUT2D eigenvalue weighted by Gasteiger charge is 2.17. The number of rotatable bonds is 2. The molecule has 4 rings (SSSR count). The maximum atomic E-state index is 5.98. The molecule has 0 saturated carbocycles. The van der Waals surface area contributed by atoms with Crippen molar-refractivity contribution in [3.05, 3.63) is 65.2 Å². The van der Waals surface area contributed by atoms with Crippen LogP contribution in [0.2, 0.25) is 5.15 Å². The second-order valence-corrected chi connectivity index (χ2v) is 5.55. The monoisotopic (exact) mass is 309 g/mol. The molecule has 0 spiro atoms. The van der Waals surface area contributed by atoms with E-state index in [2.05, 4.69) is 45.4 Å². The summed E-state index contributed by atoms with van der Waals surface area (Å²) in [5.41, 5.74) is 2.80. The van der Waals surface area contributed by atoms with Crippen LogP contribution in [0.25, 0.3) is 16.6 Å². The van der Waals surface area contributed by atoms with Crippen LogP contribution in [-0.2, 0) is 0 Å². The van der Waals surface area contributed by atoms with Crippen LogP contribution >= 0.6 is 11.6 Å². The number of pyridine rings is 1. The van der Waals surface area contributed by atoms with Gasteiger partial charge in [0.05, 0.1) is 5.52 Å². The molecule has 4 aromatic rings. The summed E-state index contributed by atoms with van der Waals surface area (Å²) in [5, 5.41) is 14.2. The van der Waals surface area contributed by atoms with E-state index < -0.39 is 0 Å². The van der Waals surface area contributed by atoms with Crippen molar-refractivity contribution in [1.82, 2.24) is 24.8 Å². The van der Waals surface area contributed by atoms with Crippen LogP contribution in [0.5, 0.6) is 0 Å². The summed E-state index contributed by atoms with van der Waals surface area (Å²) in [6.45, 7) is 2.08. The second-order valence-electron chi connectivity index (χ2n) is 5.16. The zero-order valence-corrected chi connectivity index (χ0v) is 12.6. The molecule has 0 radical (unpaired) electrons. The summed E-state index contributed by atoms with van der Waals surface area (Å²) in [6.07, 6.45) is 1.80.